The Morgan fingerprint density at radius 2 is 2.09 bits per heavy atom. The predicted octanol–water partition coefficient (Wildman–Crippen LogP) is 1.32. The highest BCUT2D eigenvalue weighted by Crippen LogP contribution is 2.29. The molecule has 0 heterocycles. The Morgan fingerprint density at radius 3 is 2.55 bits per heavy atom. The number of halogens is 1. The molecule has 0 atom stereocenters. The lowest BCUT2D eigenvalue weighted by molar-refractivity contribution is -0.398. The first-order valence-corrected chi connectivity index (χ1v) is 3.10. The van der Waals surface area contributed by atoms with Crippen LogP contribution >= 0.6 is 11.6 Å². The number of para-hydroxylation sites is 1. The van der Waals surface area contributed by atoms with Gasteiger partial charge in [0.25, 0.3) is 5.69 Å². The van der Waals surface area contributed by atoms with Gasteiger partial charge in [-0.2, -0.15) is 0 Å². The highest BCUT2D eigenvalue weighted by atomic mass is 35.5. The number of benzene rings is 1. The third-order valence-electron chi connectivity index (χ3n) is 1.14. The molecule has 0 fully saturated rings. The third-order valence-corrected chi connectivity index (χ3v) is 1.44. The van der Waals surface area contributed by atoms with E-state index in [1.165, 1.54) is 12.1 Å². The molecule has 0 amide bonds. The molecule has 1 aromatic carbocycles. The molecule has 0 aromatic heterocycles. The Hall–Kier alpha value is -1.29. The van der Waals surface area contributed by atoms with Crippen molar-refractivity contribution in [2.45, 2.75) is 0 Å². The van der Waals surface area contributed by atoms with Gasteiger partial charge in [0.1, 0.15) is 0 Å². The van der Waals surface area contributed by atoms with Gasteiger partial charge in [0.15, 0.2) is 0 Å². The second-order valence-corrected chi connectivity index (χ2v) is 2.25. The second-order valence-electron chi connectivity index (χ2n) is 1.85. The minimum atomic E-state index is -0.756. The van der Waals surface area contributed by atoms with Gasteiger partial charge in [-0.15, -0.1) is 0 Å². The van der Waals surface area contributed by atoms with Crippen LogP contribution in [0.25, 0.3) is 0 Å². The first kappa shape index (κ1) is 7.81. The summed E-state index contributed by atoms with van der Waals surface area (Å²) in [5.41, 5.74) is -0.488. The molecule has 11 heavy (non-hydrogen) atoms. The van der Waals surface area contributed by atoms with E-state index in [4.69, 9.17) is 11.6 Å². The highest BCUT2D eigenvalue weighted by molar-refractivity contribution is 6.32. The van der Waals surface area contributed by atoms with E-state index in [2.05, 4.69) is 0 Å². The maximum atomic E-state index is 10.8. The Morgan fingerprint density at radius 1 is 1.45 bits per heavy atom. The molecule has 1 aromatic rings. The summed E-state index contributed by atoms with van der Waals surface area (Å²) >= 11 is 5.34. The summed E-state index contributed by atoms with van der Waals surface area (Å²) in [6, 6.07) is 3.80. The van der Waals surface area contributed by atoms with Gasteiger partial charge in [-0.25, -0.2) is 0 Å². The molecule has 0 unspecified atom stereocenters. The van der Waals surface area contributed by atoms with Gasteiger partial charge in [0.05, 0.1) is 4.92 Å². The van der Waals surface area contributed by atoms with Crippen molar-refractivity contribution in [2.24, 2.45) is 0 Å². The Kier molecular flexibility index (Phi) is 1.96. The SMILES string of the molecule is O=[N+]([O-])c1cccc(Cl)c1[O-]. The summed E-state index contributed by atoms with van der Waals surface area (Å²) in [4.78, 5) is 9.37. The summed E-state index contributed by atoms with van der Waals surface area (Å²) in [6.07, 6.45) is 0. The summed E-state index contributed by atoms with van der Waals surface area (Å²) in [6.45, 7) is 0. The molecule has 0 aliphatic heterocycles. The zero-order valence-electron chi connectivity index (χ0n) is 5.28. The van der Waals surface area contributed by atoms with Crippen LogP contribution in [-0.4, -0.2) is 4.92 Å². The van der Waals surface area contributed by atoms with E-state index in [-0.39, 0.29) is 5.02 Å². The maximum absolute atomic E-state index is 10.8. The third kappa shape index (κ3) is 1.40. The lowest BCUT2D eigenvalue weighted by Crippen LogP contribution is -1.97. The van der Waals surface area contributed by atoms with E-state index in [1.807, 2.05) is 0 Å². The van der Waals surface area contributed by atoms with Crippen molar-refractivity contribution in [1.29, 1.82) is 0 Å². The molecule has 0 N–H and O–H groups in total. The number of hydrogen-bond acceptors (Lipinski definition) is 3. The van der Waals surface area contributed by atoms with Crippen LogP contribution in [0.1, 0.15) is 0 Å². The van der Waals surface area contributed by atoms with Crippen LogP contribution in [0.4, 0.5) is 5.69 Å². The molecule has 0 spiro atoms. The van der Waals surface area contributed by atoms with Crippen LogP contribution in [0.2, 0.25) is 5.02 Å². The fourth-order valence-corrected chi connectivity index (χ4v) is 0.811. The summed E-state index contributed by atoms with van der Waals surface area (Å²) in [7, 11) is 0. The summed E-state index contributed by atoms with van der Waals surface area (Å²) < 4.78 is 0. The van der Waals surface area contributed by atoms with Crippen molar-refractivity contribution in [2.75, 3.05) is 0 Å². The highest BCUT2D eigenvalue weighted by Gasteiger charge is 2.06. The van der Waals surface area contributed by atoms with E-state index >= 15 is 0 Å². The van der Waals surface area contributed by atoms with E-state index in [0.717, 1.165) is 6.07 Å². The average Bonchev–Trinajstić information content (AvgIpc) is 1.94. The van der Waals surface area contributed by atoms with Crippen molar-refractivity contribution < 1.29 is 10.0 Å². The number of rotatable bonds is 1. The molecular formula is C6H3ClNO3-. The molecule has 58 valence electrons. The predicted molar refractivity (Wildman–Crippen MR) is 37.6 cm³/mol. The molecular weight excluding hydrogens is 170 g/mol. The van der Waals surface area contributed by atoms with Crippen LogP contribution in [-0.2, 0) is 0 Å². The van der Waals surface area contributed by atoms with Gasteiger partial charge in [-0.1, -0.05) is 17.7 Å². The Balaban J connectivity index is 3.27. The fraction of sp³-hybridized carbons (Fsp3) is 0. The largest absolute Gasteiger partial charge is 0.867 e. The Bertz CT molecular complexity index is 300. The van der Waals surface area contributed by atoms with Gasteiger partial charge in [-0.05, 0) is 11.8 Å². The molecule has 4 nitrogen and oxygen atoms in total. The van der Waals surface area contributed by atoms with E-state index < -0.39 is 16.4 Å². The topological polar surface area (TPSA) is 66.2 Å². The van der Waals surface area contributed by atoms with E-state index in [9.17, 15) is 15.2 Å². The van der Waals surface area contributed by atoms with Crippen molar-refractivity contribution >= 4 is 17.3 Å². The molecule has 0 saturated carbocycles. The summed E-state index contributed by atoms with van der Waals surface area (Å²) in [5.74, 6) is -0.737. The average molecular weight is 173 g/mol. The van der Waals surface area contributed by atoms with Gasteiger partial charge in [-0.3, -0.25) is 10.1 Å². The lowest BCUT2D eigenvalue weighted by Gasteiger charge is -2.06. The van der Waals surface area contributed by atoms with Crippen LogP contribution in [0.3, 0.4) is 0 Å². The molecule has 5 heteroatoms. The van der Waals surface area contributed by atoms with Gasteiger partial charge in [0, 0.05) is 11.1 Å². The monoisotopic (exact) mass is 172 g/mol. The zero-order chi connectivity index (χ0) is 8.43. The smallest absolute Gasteiger partial charge is 0.263 e. The van der Waals surface area contributed by atoms with E-state index in [0.29, 0.717) is 0 Å². The molecule has 1 rings (SSSR count). The fourth-order valence-electron chi connectivity index (χ4n) is 0.641. The van der Waals surface area contributed by atoms with Crippen LogP contribution in [0.15, 0.2) is 18.2 Å². The lowest BCUT2D eigenvalue weighted by atomic mass is 10.3. The molecule has 0 saturated heterocycles. The van der Waals surface area contributed by atoms with Crippen molar-refractivity contribution in [3.63, 3.8) is 0 Å². The van der Waals surface area contributed by atoms with Gasteiger partial charge in [0.2, 0.25) is 0 Å². The van der Waals surface area contributed by atoms with Crippen molar-refractivity contribution in [3.8, 4) is 5.75 Å². The standard InChI is InChI=1S/C6H4ClNO3/c7-4-2-1-3-5(6(4)9)8(10)11/h1-3,9H/p-1. The number of nitrogens with zero attached hydrogens (tertiary/aromatic N) is 1. The van der Waals surface area contributed by atoms with Gasteiger partial charge < -0.3 is 5.11 Å². The molecule has 0 aliphatic rings. The van der Waals surface area contributed by atoms with Crippen LogP contribution < -0.4 is 5.11 Å². The van der Waals surface area contributed by atoms with Crippen LogP contribution in [0.5, 0.6) is 5.75 Å². The minimum absolute atomic E-state index is 0.126. The van der Waals surface area contributed by atoms with E-state index in [1.54, 1.807) is 0 Å². The maximum Gasteiger partial charge on any atom is 0.263 e. The van der Waals surface area contributed by atoms with Crippen LogP contribution in [0, 0.1) is 10.1 Å². The summed E-state index contributed by atoms with van der Waals surface area (Å²) in [5, 5.41) is 20.8. The number of nitro groups is 1. The number of nitro benzene ring substituents is 1. The quantitative estimate of drug-likeness (QED) is 0.474. The minimum Gasteiger partial charge on any atom is -0.867 e. The normalized spacial score (nSPS) is 9.55. The first-order valence-electron chi connectivity index (χ1n) is 2.73. The zero-order valence-corrected chi connectivity index (χ0v) is 6.04. The van der Waals surface area contributed by atoms with Gasteiger partial charge >= 0.3 is 0 Å². The first-order chi connectivity index (χ1) is 5.13. The molecule has 0 radical (unpaired) electrons. The Labute approximate surface area is 67.2 Å². The molecule has 0 aliphatic carbocycles. The second kappa shape index (κ2) is 2.75. The molecule has 0 bridgehead atoms. The number of hydrogen-bond donors (Lipinski definition) is 0. The van der Waals surface area contributed by atoms with Crippen molar-refractivity contribution in [3.05, 3.63) is 33.3 Å². The van der Waals surface area contributed by atoms with Crippen molar-refractivity contribution in [1.82, 2.24) is 0 Å².